The maximum atomic E-state index is 12.4. The summed E-state index contributed by atoms with van der Waals surface area (Å²) in [6.45, 7) is 1.82. The second-order valence-corrected chi connectivity index (χ2v) is 6.55. The molecule has 0 spiro atoms. The topological polar surface area (TPSA) is 96.7 Å². The average Bonchev–Trinajstić information content (AvgIpc) is 3.00. The van der Waals surface area contributed by atoms with E-state index in [4.69, 9.17) is 14.8 Å². The van der Waals surface area contributed by atoms with Crippen LogP contribution in [0.15, 0.2) is 66.7 Å². The van der Waals surface area contributed by atoms with Gasteiger partial charge >= 0.3 is 5.97 Å². The fourth-order valence-corrected chi connectivity index (χ4v) is 3.01. The van der Waals surface area contributed by atoms with Gasteiger partial charge in [-0.3, -0.25) is 9.59 Å². The van der Waals surface area contributed by atoms with Gasteiger partial charge in [0.1, 0.15) is 11.5 Å². The van der Waals surface area contributed by atoms with Crippen molar-refractivity contribution in [1.82, 2.24) is 5.06 Å². The molecular formula is C23H14N2O5. The third-order valence-electron chi connectivity index (χ3n) is 4.55. The Bertz CT molecular complexity index is 1190. The molecule has 7 heteroatoms. The first-order valence-electron chi connectivity index (χ1n) is 8.96. The number of rotatable bonds is 4. The molecule has 0 bridgehead atoms. The van der Waals surface area contributed by atoms with E-state index >= 15 is 0 Å². The molecule has 3 aromatic carbocycles. The van der Waals surface area contributed by atoms with Crippen molar-refractivity contribution in [3.63, 3.8) is 0 Å². The van der Waals surface area contributed by atoms with Gasteiger partial charge in [0.05, 0.1) is 28.3 Å². The summed E-state index contributed by atoms with van der Waals surface area (Å²) in [6.07, 6.45) is 0. The Balaban J connectivity index is 1.46. The van der Waals surface area contributed by atoms with Crippen molar-refractivity contribution in [2.45, 2.75) is 6.92 Å². The Labute approximate surface area is 171 Å². The molecule has 0 radical (unpaired) electrons. The standard InChI is InChI=1S/C23H14N2O5/c1-14-12-15(13-24)6-11-20(14)29-17-9-7-16(8-10-17)23(28)30-25-21(26)18-4-2-3-5-19(18)22(25)27/h2-12H,1H3. The summed E-state index contributed by atoms with van der Waals surface area (Å²) in [6, 6.07) is 19.4. The molecule has 1 heterocycles. The van der Waals surface area contributed by atoms with Gasteiger partial charge in [-0.05, 0) is 67.1 Å². The van der Waals surface area contributed by atoms with E-state index in [1.807, 2.05) is 6.92 Å². The van der Waals surface area contributed by atoms with Crippen LogP contribution >= 0.6 is 0 Å². The lowest BCUT2D eigenvalue weighted by Gasteiger charge is -2.13. The maximum Gasteiger partial charge on any atom is 0.363 e. The number of hydroxylamine groups is 2. The number of hydrogen-bond acceptors (Lipinski definition) is 6. The quantitative estimate of drug-likeness (QED) is 0.616. The molecule has 4 rings (SSSR count). The summed E-state index contributed by atoms with van der Waals surface area (Å²) in [5.74, 6) is -1.15. The minimum atomic E-state index is -0.842. The number of nitrogens with zero attached hydrogens (tertiary/aromatic N) is 2. The molecular weight excluding hydrogens is 384 g/mol. The molecule has 0 aromatic heterocycles. The van der Waals surface area contributed by atoms with Gasteiger partial charge in [-0.1, -0.05) is 17.2 Å². The van der Waals surface area contributed by atoms with Gasteiger partial charge in [0.25, 0.3) is 11.8 Å². The SMILES string of the molecule is Cc1cc(C#N)ccc1Oc1ccc(C(=O)ON2C(=O)c3ccccc3C2=O)cc1. The number of aryl methyl sites for hydroxylation is 1. The predicted molar refractivity (Wildman–Crippen MR) is 105 cm³/mol. The molecule has 1 aliphatic heterocycles. The molecule has 0 atom stereocenters. The first kappa shape index (κ1) is 18.9. The molecule has 7 nitrogen and oxygen atoms in total. The number of benzene rings is 3. The average molecular weight is 398 g/mol. The number of ether oxygens (including phenoxy) is 1. The van der Waals surface area contributed by atoms with E-state index in [-0.39, 0.29) is 16.7 Å². The zero-order chi connectivity index (χ0) is 21.3. The number of fused-ring (bicyclic) bond motifs is 1. The van der Waals surface area contributed by atoms with Crippen molar-refractivity contribution in [3.8, 4) is 17.6 Å². The van der Waals surface area contributed by atoms with E-state index < -0.39 is 17.8 Å². The fourth-order valence-electron chi connectivity index (χ4n) is 3.01. The number of nitriles is 1. The molecule has 0 saturated carbocycles. The van der Waals surface area contributed by atoms with Crippen LogP contribution in [0.25, 0.3) is 0 Å². The summed E-state index contributed by atoms with van der Waals surface area (Å²) in [5, 5.41) is 9.40. The van der Waals surface area contributed by atoms with Crippen LogP contribution in [0.1, 0.15) is 42.2 Å². The number of carbonyl (C=O) groups excluding carboxylic acids is 3. The molecule has 0 aliphatic carbocycles. The van der Waals surface area contributed by atoms with Gasteiger partial charge in [-0.15, -0.1) is 0 Å². The summed E-state index contributed by atoms with van der Waals surface area (Å²) in [7, 11) is 0. The Morgan fingerprint density at radius 2 is 1.57 bits per heavy atom. The molecule has 3 aromatic rings. The fraction of sp³-hybridized carbons (Fsp3) is 0.0435. The lowest BCUT2D eigenvalue weighted by Crippen LogP contribution is -2.32. The predicted octanol–water partition coefficient (Wildman–Crippen LogP) is 4.03. The maximum absolute atomic E-state index is 12.4. The van der Waals surface area contributed by atoms with E-state index in [0.717, 1.165) is 5.56 Å². The lowest BCUT2D eigenvalue weighted by atomic mass is 10.1. The van der Waals surface area contributed by atoms with Crippen LogP contribution in [0.5, 0.6) is 11.5 Å². The Kier molecular flexibility index (Phi) is 4.74. The van der Waals surface area contributed by atoms with Gasteiger partial charge in [0.15, 0.2) is 0 Å². The van der Waals surface area contributed by atoms with E-state index in [0.29, 0.717) is 22.1 Å². The molecule has 0 unspecified atom stereocenters. The van der Waals surface area contributed by atoms with Gasteiger partial charge in [-0.25, -0.2) is 4.79 Å². The Hall–Kier alpha value is -4.44. The van der Waals surface area contributed by atoms with Crippen molar-refractivity contribution >= 4 is 17.8 Å². The van der Waals surface area contributed by atoms with Crippen molar-refractivity contribution in [1.29, 1.82) is 5.26 Å². The number of imide groups is 1. The van der Waals surface area contributed by atoms with E-state index in [1.165, 1.54) is 24.3 Å². The van der Waals surface area contributed by atoms with E-state index in [2.05, 4.69) is 6.07 Å². The summed E-state index contributed by atoms with van der Waals surface area (Å²) in [5.41, 5.74) is 1.86. The van der Waals surface area contributed by atoms with Gasteiger partial charge in [0, 0.05) is 0 Å². The number of carbonyl (C=O) groups is 3. The molecule has 146 valence electrons. The molecule has 30 heavy (non-hydrogen) atoms. The highest BCUT2D eigenvalue weighted by atomic mass is 16.7. The first-order valence-corrected chi connectivity index (χ1v) is 8.96. The Morgan fingerprint density at radius 3 is 2.13 bits per heavy atom. The molecule has 0 fully saturated rings. The highest BCUT2D eigenvalue weighted by Crippen LogP contribution is 2.27. The molecule has 0 saturated heterocycles. The highest BCUT2D eigenvalue weighted by molar-refractivity contribution is 6.21. The second-order valence-electron chi connectivity index (χ2n) is 6.55. The number of amides is 2. The van der Waals surface area contributed by atoms with Gasteiger partial charge in [-0.2, -0.15) is 5.26 Å². The lowest BCUT2D eigenvalue weighted by molar-refractivity contribution is -0.0584. The summed E-state index contributed by atoms with van der Waals surface area (Å²) >= 11 is 0. The summed E-state index contributed by atoms with van der Waals surface area (Å²) < 4.78 is 5.77. The molecule has 0 N–H and O–H groups in total. The van der Waals surface area contributed by atoms with Crippen LogP contribution in [-0.4, -0.2) is 22.8 Å². The van der Waals surface area contributed by atoms with Crippen molar-refractivity contribution in [2.75, 3.05) is 0 Å². The van der Waals surface area contributed by atoms with Gasteiger partial charge in [0.2, 0.25) is 0 Å². The monoisotopic (exact) mass is 398 g/mol. The highest BCUT2D eigenvalue weighted by Gasteiger charge is 2.38. The smallest absolute Gasteiger partial charge is 0.363 e. The molecule has 2 amide bonds. The first-order chi connectivity index (χ1) is 14.5. The van der Waals surface area contributed by atoms with Crippen molar-refractivity contribution in [3.05, 3.63) is 94.5 Å². The van der Waals surface area contributed by atoms with E-state index in [9.17, 15) is 14.4 Å². The zero-order valence-electron chi connectivity index (χ0n) is 15.8. The summed E-state index contributed by atoms with van der Waals surface area (Å²) in [4.78, 5) is 42.0. The largest absolute Gasteiger partial charge is 0.457 e. The van der Waals surface area contributed by atoms with Gasteiger partial charge < -0.3 is 9.57 Å². The van der Waals surface area contributed by atoms with Crippen LogP contribution in [0, 0.1) is 18.3 Å². The zero-order valence-corrected chi connectivity index (χ0v) is 15.8. The van der Waals surface area contributed by atoms with Crippen LogP contribution < -0.4 is 4.74 Å². The van der Waals surface area contributed by atoms with Crippen molar-refractivity contribution < 1.29 is 24.0 Å². The minimum absolute atomic E-state index is 0.149. The van der Waals surface area contributed by atoms with Crippen LogP contribution in [0.2, 0.25) is 0 Å². The number of hydrogen-bond donors (Lipinski definition) is 0. The third kappa shape index (κ3) is 3.38. The molecule has 1 aliphatic rings. The minimum Gasteiger partial charge on any atom is -0.457 e. The van der Waals surface area contributed by atoms with Crippen LogP contribution in [-0.2, 0) is 4.84 Å². The second kappa shape index (κ2) is 7.53. The third-order valence-corrected chi connectivity index (χ3v) is 4.55. The van der Waals surface area contributed by atoms with Crippen molar-refractivity contribution in [2.24, 2.45) is 0 Å². The van der Waals surface area contributed by atoms with Crippen LogP contribution in [0.4, 0.5) is 0 Å². The Morgan fingerprint density at radius 1 is 0.933 bits per heavy atom. The van der Waals surface area contributed by atoms with Crippen LogP contribution in [0.3, 0.4) is 0 Å². The van der Waals surface area contributed by atoms with E-state index in [1.54, 1.807) is 42.5 Å². The normalized spacial score (nSPS) is 12.3.